The number of rotatable bonds is 17. The topological polar surface area (TPSA) is 48.8 Å². The van der Waals surface area contributed by atoms with E-state index in [1.807, 2.05) is 0 Å². The number of anilines is 2. The van der Waals surface area contributed by atoms with Crippen LogP contribution in [0.5, 0.6) is 0 Å². The van der Waals surface area contributed by atoms with Gasteiger partial charge in [0.05, 0.1) is 11.4 Å². The maximum atomic E-state index is 5.76. The summed E-state index contributed by atoms with van der Waals surface area (Å²) < 4.78 is 0. The van der Waals surface area contributed by atoms with Crippen LogP contribution >= 0.6 is 0 Å². The van der Waals surface area contributed by atoms with Crippen LogP contribution in [0, 0.1) is 0 Å². The van der Waals surface area contributed by atoms with Crippen molar-refractivity contribution < 1.29 is 0 Å². The van der Waals surface area contributed by atoms with E-state index in [0.717, 1.165) is 45.3 Å². The van der Waals surface area contributed by atoms with Crippen molar-refractivity contribution in [1.82, 2.24) is 0 Å². The van der Waals surface area contributed by atoms with Gasteiger partial charge < -0.3 is 10.6 Å². The summed E-state index contributed by atoms with van der Waals surface area (Å²) in [5, 5.41) is 8.20. The molecule has 0 aliphatic rings. The molecule has 0 aliphatic carbocycles. The van der Waals surface area contributed by atoms with Gasteiger partial charge in [-0.3, -0.25) is 9.98 Å². The van der Waals surface area contributed by atoms with Crippen LogP contribution in [0.15, 0.2) is 105 Å². The van der Waals surface area contributed by atoms with Crippen LogP contribution in [0.4, 0.5) is 22.7 Å². The third-order valence-electron chi connectivity index (χ3n) is 12.3. The van der Waals surface area contributed by atoms with Gasteiger partial charge in [0, 0.05) is 45.3 Å². The van der Waals surface area contributed by atoms with E-state index in [9.17, 15) is 0 Å². The number of aliphatic imine (C=N–C) groups is 2. The van der Waals surface area contributed by atoms with Gasteiger partial charge in [-0.1, -0.05) is 184 Å². The monoisotopic (exact) mass is 835 g/mol. The van der Waals surface area contributed by atoms with E-state index >= 15 is 0 Å². The zero-order valence-corrected chi connectivity index (χ0v) is 42.4. The summed E-state index contributed by atoms with van der Waals surface area (Å²) in [6.45, 7) is 45.5. The summed E-state index contributed by atoms with van der Waals surface area (Å²) in [7, 11) is 0. The maximum absolute atomic E-state index is 5.76. The Bertz CT molecular complexity index is 2030. The number of para-hydroxylation sites is 4. The number of benzene rings is 4. The van der Waals surface area contributed by atoms with E-state index in [2.05, 4.69) is 222 Å². The third-order valence-corrected chi connectivity index (χ3v) is 12.3. The van der Waals surface area contributed by atoms with Crippen LogP contribution in [0.3, 0.4) is 0 Å². The highest BCUT2D eigenvalue weighted by atomic mass is 14.9. The molecule has 0 heterocycles. The van der Waals surface area contributed by atoms with Crippen molar-refractivity contribution in [2.45, 2.75) is 186 Å². The molecular weight excluding hydrogens is 753 g/mol. The van der Waals surface area contributed by atoms with Crippen molar-refractivity contribution in [2.75, 3.05) is 10.6 Å². The van der Waals surface area contributed by atoms with Gasteiger partial charge >= 0.3 is 0 Å². The fourth-order valence-corrected chi connectivity index (χ4v) is 8.90. The Labute approximate surface area is 379 Å². The number of nitrogens with zero attached hydrogens (tertiary/aromatic N) is 2. The number of nitrogens with one attached hydrogen (secondary N) is 2. The number of hydrogen-bond donors (Lipinski definition) is 2. The zero-order chi connectivity index (χ0) is 46.3. The summed E-state index contributed by atoms with van der Waals surface area (Å²) in [5.74, 6) is 2.57. The average Bonchev–Trinajstić information content (AvgIpc) is 3.18. The van der Waals surface area contributed by atoms with E-state index in [1.165, 1.54) is 55.9 Å². The van der Waals surface area contributed by atoms with Gasteiger partial charge in [-0.05, 0) is 120 Å². The predicted octanol–water partition coefficient (Wildman–Crippen LogP) is 18.3. The Kier molecular flexibility index (Phi) is 17.4. The standard InChI is InChI=1S/C58H82N4/c1-33(2)45-25-21-26-46(34(3)4)55(45)59-41(17)53(42(18)60-56-47(35(5)6)27-22-28-48(56)36(7)8)54(43(19)61-57-49(37(9)10)29-23-30-50(57)38(11)12)44(20)62-58-51(39(13)14)31-24-32-52(58)40(15)16/h21-40,59,61H,1-20H3/b53-41+,54-43+,60-42?,62-44?. The fourth-order valence-electron chi connectivity index (χ4n) is 8.90. The minimum atomic E-state index is 0.309. The van der Waals surface area contributed by atoms with Crippen molar-refractivity contribution in [2.24, 2.45) is 9.98 Å². The summed E-state index contributed by atoms with van der Waals surface area (Å²) >= 11 is 0. The van der Waals surface area contributed by atoms with Gasteiger partial charge in [-0.25, -0.2) is 0 Å². The Balaban J connectivity index is 2.30. The van der Waals surface area contributed by atoms with Gasteiger partial charge in [-0.15, -0.1) is 0 Å². The van der Waals surface area contributed by atoms with Crippen LogP contribution in [-0.2, 0) is 0 Å². The Hall–Kier alpha value is -4.70. The molecule has 62 heavy (non-hydrogen) atoms. The van der Waals surface area contributed by atoms with Crippen molar-refractivity contribution >= 4 is 34.2 Å². The first-order chi connectivity index (χ1) is 29.1. The van der Waals surface area contributed by atoms with E-state index in [1.54, 1.807) is 0 Å². The molecule has 0 radical (unpaired) electrons. The van der Waals surface area contributed by atoms with E-state index in [-0.39, 0.29) is 0 Å². The molecule has 0 saturated carbocycles. The lowest BCUT2D eigenvalue weighted by atomic mass is 9.89. The molecule has 0 aliphatic heterocycles. The van der Waals surface area contributed by atoms with Gasteiger partial charge in [0.1, 0.15) is 0 Å². The van der Waals surface area contributed by atoms with Gasteiger partial charge in [0.15, 0.2) is 0 Å². The minimum absolute atomic E-state index is 0.309. The van der Waals surface area contributed by atoms with Gasteiger partial charge in [-0.2, -0.15) is 0 Å². The minimum Gasteiger partial charge on any atom is -0.358 e. The largest absolute Gasteiger partial charge is 0.358 e. The normalized spacial score (nSPS) is 13.7. The van der Waals surface area contributed by atoms with Gasteiger partial charge in [0.2, 0.25) is 0 Å². The first kappa shape index (κ1) is 50.0. The molecule has 4 aromatic rings. The Morgan fingerprint density at radius 3 is 0.710 bits per heavy atom. The molecule has 0 aromatic heterocycles. The summed E-state index contributed by atoms with van der Waals surface area (Å²) in [5.41, 5.74) is 20.9. The highest BCUT2D eigenvalue weighted by Gasteiger charge is 2.25. The van der Waals surface area contributed by atoms with Crippen molar-refractivity contribution in [3.8, 4) is 0 Å². The van der Waals surface area contributed by atoms with E-state index in [0.29, 0.717) is 47.3 Å². The summed E-state index contributed by atoms with van der Waals surface area (Å²) in [4.78, 5) is 11.5. The molecular formula is C58H82N4. The fraction of sp³-hybridized carbons (Fsp3) is 0.483. The molecule has 4 nitrogen and oxygen atoms in total. The van der Waals surface area contributed by atoms with Crippen molar-refractivity contribution in [1.29, 1.82) is 0 Å². The van der Waals surface area contributed by atoms with Crippen molar-refractivity contribution in [3.05, 3.63) is 140 Å². The van der Waals surface area contributed by atoms with Crippen LogP contribution in [0.1, 0.15) is 230 Å². The molecule has 0 amide bonds. The van der Waals surface area contributed by atoms with E-state index < -0.39 is 0 Å². The molecule has 4 aromatic carbocycles. The second kappa shape index (κ2) is 21.6. The molecule has 0 unspecified atom stereocenters. The highest BCUT2D eigenvalue weighted by molar-refractivity contribution is 6.17. The Morgan fingerprint density at radius 1 is 0.323 bits per heavy atom. The van der Waals surface area contributed by atoms with E-state index in [4.69, 9.17) is 9.98 Å². The van der Waals surface area contributed by atoms with Crippen LogP contribution in [0.2, 0.25) is 0 Å². The smallest absolute Gasteiger partial charge is 0.0702 e. The zero-order valence-electron chi connectivity index (χ0n) is 42.4. The SMILES string of the molecule is CC(=Nc1c(C(C)C)cccc1C(C)C)C(=C(/C)Nc1c(C(C)C)cccc1C(C)C)/C(C(C)=Nc1c(C(C)C)cccc1C(C)C)=C(\C)Nc1c(C(C)C)cccc1C(C)C. The van der Waals surface area contributed by atoms with Crippen LogP contribution < -0.4 is 10.6 Å². The van der Waals surface area contributed by atoms with Gasteiger partial charge in [0.25, 0.3) is 0 Å². The second-order valence-corrected chi connectivity index (χ2v) is 20.1. The lowest BCUT2D eigenvalue weighted by Gasteiger charge is -2.27. The number of allylic oxidation sites excluding steroid dienone is 4. The number of hydrogen-bond acceptors (Lipinski definition) is 4. The lowest BCUT2D eigenvalue weighted by molar-refractivity contribution is 0.834. The molecule has 0 atom stereocenters. The Morgan fingerprint density at radius 2 is 0.516 bits per heavy atom. The molecule has 4 heteroatoms. The van der Waals surface area contributed by atoms with Crippen LogP contribution in [-0.4, -0.2) is 11.4 Å². The lowest BCUT2D eigenvalue weighted by Crippen LogP contribution is -2.19. The molecule has 0 fully saturated rings. The second-order valence-electron chi connectivity index (χ2n) is 20.1. The molecule has 2 N–H and O–H groups in total. The third kappa shape index (κ3) is 11.5. The first-order valence-corrected chi connectivity index (χ1v) is 23.7. The summed E-state index contributed by atoms with van der Waals surface area (Å²) in [6, 6.07) is 27.0. The molecule has 334 valence electrons. The maximum Gasteiger partial charge on any atom is 0.0702 e. The first-order valence-electron chi connectivity index (χ1n) is 23.7. The predicted molar refractivity (Wildman–Crippen MR) is 277 cm³/mol. The molecule has 0 spiro atoms. The average molecular weight is 835 g/mol. The summed E-state index contributed by atoms with van der Waals surface area (Å²) in [6.07, 6.45) is 0. The quantitative estimate of drug-likeness (QED) is 0.0822. The van der Waals surface area contributed by atoms with Crippen LogP contribution in [0.25, 0.3) is 0 Å². The highest BCUT2D eigenvalue weighted by Crippen LogP contribution is 2.41. The molecule has 0 saturated heterocycles. The molecule has 4 rings (SSSR count). The van der Waals surface area contributed by atoms with Crippen molar-refractivity contribution in [3.63, 3.8) is 0 Å². The molecule has 0 bridgehead atoms.